The van der Waals surface area contributed by atoms with Crippen LogP contribution in [-0.4, -0.2) is 43.0 Å². The molecule has 1 heterocycles. The van der Waals surface area contributed by atoms with Crippen molar-refractivity contribution in [1.82, 2.24) is 10.6 Å². The Labute approximate surface area is 109 Å². The molecule has 18 heavy (non-hydrogen) atoms. The van der Waals surface area contributed by atoms with Crippen LogP contribution in [0.1, 0.15) is 40.0 Å². The summed E-state index contributed by atoms with van der Waals surface area (Å²) in [5.41, 5.74) is -0.553. The van der Waals surface area contributed by atoms with E-state index >= 15 is 0 Å². The minimum Gasteiger partial charge on any atom is -0.444 e. The van der Waals surface area contributed by atoms with Crippen molar-refractivity contribution < 1.29 is 14.3 Å². The highest BCUT2D eigenvalue weighted by Crippen LogP contribution is 2.31. The molecule has 0 unspecified atom stereocenters. The van der Waals surface area contributed by atoms with Gasteiger partial charge in [0.1, 0.15) is 5.60 Å². The van der Waals surface area contributed by atoms with Crippen molar-refractivity contribution in [2.45, 2.75) is 57.2 Å². The molecule has 5 heteroatoms. The van der Waals surface area contributed by atoms with Gasteiger partial charge in [-0.05, 0) is 40.0 Å². The van der Waals surface area contributed by atoms with Gasteiger partial charge in [0.2, 0.25) is 0 Å². The molecule has 104 valence electrons. The Kier molecular flexibility index (Phi) is 3.82. The van der Waals surface area contributed by atoms with Gasteiger partial charge in [-0.2, -0.15) is 0 Å². The van der Waals surface area contributed by atoms with E-state index in [1.54, 1.807) is 0 Å². The fourth-order valence-electron chi connectivity index (χ4n) is 2.16. The Morgan fingerprint density at radius 2 is 2.06 bits per heavy atom. The van der Waals surface area contributed by atoms with E-state index in [1.165, 1.54) is 6.42 Å². The summed E-state index contributed by atoms with van der Waals surface area (Å²) in [5.74, 6) is 0. The molecular weight excluding hydrogens is 232 g/mol. The molecule has 1 amide bonds. The van der Waals surface area contributed by atoms with Crippen molar-refractivity contribution >= 4 is 6.09 Å². The van der Waals surface area contributed by atoms with Gasteiger partial charge in [-0.3, -0.25) is 0 Å². The maximum atomic E-state index is 11.8. The summed E-state index contributed by atoms with van der Waals surface area (Å²) in [6.07, 6.45) is 2.90. The lowest BCUT2D eigenvalue weighted by molar-refractivity contribution is -0.0119. The maximum absolute atomic E-state index is 11.8. The van der Waals surface area contributed by atoms with Gasteiger partial charge in [0, 0.05) is 6.54 Å². The summed E-state index contributed by atoms with van der Waals surface area (Å²) in [6, 6.07) is 0.447. The zero-order chi connectivity index (χ0) is 13.2. The average molecular weight is 256 g/mol. The van der Waals surface area contributed by atoms with E-state index in [4.69, 9.17) is 9.47 Å². The molecule has 2 N–H and O–H groups in total. The summed E-state index contributed by atoms with van der Waals surface area (Å²) in [5, 5.41) is 6.46. The molecule has 2 rings (SSSR count). The molecule has 5 nitrogen and oxygen atoms in total. The highest BCUT2D eigenvalue weighted by molar-refractivity contribution is 5.69. The van der Waals surface area contributed by atoms with Crippen LogP contribution in [0.25, 0.3) is 0 Å². The van der Waals surface area contributed by atoms with Gasteiger partial charge in [0.15, 0.2) is 0 Å². The fourth-order valence-corrected chi connectivity index (χ4v) is 2.16. The SMILES string of the molecule is CC(C)(C)OC(=O)NC1(CNC2COC2)CCC1. The topological polar surface area (TPSA) is 59.6 Å². The van der Waals surface area contributed by atoms with Gasteiger partial charge in [0.05, 0.1) is 24.8 Å². The average Bonchev–Trinajstić information content (AvgIpc) is 2.07. The maximum Gasteiger partial charge on any atom is 0.408 e. The largest absolute Gasteiger partial charge is 0.444 e. The van der Waals surface area contributed by atoms with Crippen molar-refractivity contribution in [1.29, 1.82) is 0 Å². The second-order valence-corrected chi connectivity index (χ2v) is 6.38. The van der Waals surface area contributed by atoms with Crippen LogP contribution in [0.15, 0.2) is 0 Å². The third-order valence-corrected chi connectivity index (χ3v) is 3.44. The van der Waals surface area contributed by atoms with E-state index in [-0.39, 0.29) is 11.6 Å². The lowest BCUT2D eigenvalue weighted by Gasteiger charge is -2.44. The minimum absolute atomic E-state index is 0.113. The zero-order valence-corrected chi connectivity index (χ0v) is 11.5. The van der Waals surface area contributed by atoms with Crippen molar-refractivity contribution in [3.8, 4) is 0 Å². The summed E-state index contributed by atoms with van der Waals surface area (Å²) in [6.45, 7) is 8.00. The third kappa shape index (κ3) is 3.59. The van der Waals surface area contributed by atoms with Crippen LogP contribution in [0, 0.1) is 0 Å². The van der Waals surface area contributed by atoms with Crippen LogP contribution in [0.4, 0.5) is 4.79 Å². The highest BCUT2D eigenvalue weighted by Gasteiger charge is 2.40. The van der Waals surface area contributed by atoms with Gasteiger partial charge < -0.3 is 20.1 Å². The summed E-state index contributed by atoms with van der Waals surface area (Å²) < 4.78 is 10.4. The van der Waals surface area contributed by atoms with Crippen molar-refractivity contribution in [3.05, 3.63) is 0 Å². The van der Waals surface area contributed by atoms with Crippen LogP contribution in [0.2, 0.25) is 0 Å². The standard InChI is InChI=1S/C13H24N2O3/c1-12(2,3)18-11(16)15-13(5-4-6-13)9-14-10-7-17-8-10/h10,14H,4-9H2,1-3H3,(H,15,16). The van der Waals surface area contributed by atoms with Gasteiger partial charge in [-0.1, -0.05) is 0 Å². The summed E-state index contributed by atoms with van der Waals surface area (Å²) in [7, 11) is 0. The molecule has 0 aromatic rings. The zero-order valence-electron chi connectivity index (χ0n) is 11.5. The van der Waals surface area contributed by atoms with Crippen LogP contribution >= 0.6 is 0 Å². The van der Waals surface area contributed by atoms with E-state index in [0.717, 1.165) is 32.6 Å². The van der Waals surface area contributed by atoms with Gasteiger partial charge >= 0.3 is 6.09 Å². The quantitative estimate of drug-likeness (QED) is 0.798. The number of rotatable bonds is 4. The van der Waals surface area contributed by atoms with Gasteiger partial charge in [0.25, 0.3) is 0 Å². The molecule has 0 aromatic heterocycles. The van der Waals surface area contributed by atoms with E-state index in [2.05, 4.69) is 10.6 Å². The number of carbonyl (C=O) groups is 1. The lowest BCUT2D eigenvalue weighted by Crippen LogP contribution is -2.62. The van der Waals surface area contributed by atoms with Gasteiger partial charge in [-0.15, -0.1) is 0 Å². The molecule has 1 aliphatic heterocycles. The van der Waals surface area contributed by atoms with Crippen molar-refractivity contribution in [2.24, 2.45) is 0 Å². The molecule has 0 spiro atoms. The smallest absolute Gasteiger partial charge is 0.408 e. The highest BCUT2D eigenvalue weighted by atomic mass is 16.6. The third-order valence-electron chi connectivity index (χ3n) is 3.44. The first-order chi connectivity index (χ1) is 8.39. The summed E-state index contributed by atoms with van der Waals surface area (Å²) >= 11 is 0. The van der Waals surface area contributed by atoms with E-state index in [0.29, 0.717) is 6.04 Å². The lowest BCUT2D eigenvalue weighted by atomic mass is 9.76. The van der Waals surface area contributed by atoms with E-state index < -0.39 is 5.60 Å². The second-order valence-electron chi connectivity index (χ2n) is 6.38. The molecule has 0 atom stereocenters. The van der Waals surface area contributed by atoms with Crippen molar-refractivity contribution in [3.63, 3.8) is 0 Å². The van der Waals surface area contributed by atoms with Crippen molar-refractivity contribution in [2.75, 3.05) is 19.8 Å². The van der Waals surface area contributed by atoms with Crippen LogP contribution in [0.5, 0.6) is 0 Å². The molecular formula is C13H24N2O3. The number of amides is 1. The molecule has 1 aliphatic carbocycles. The number of ether oxygens (including phenoxy) is 2. The monoisotopic (exact) mass is 256 g/mol. The fraction of sp³-hybridized carbons (Fsp3) is 0.923. The first-order valence-electron chi connectivity index (χ1n) is 6.71. The minimum atomic E-state index is -0.440. The van der Waals surface area contributed by atoms with Gasteiger partial charge in [-0.25, -0.2) is 4.79 Å². The van der Waals surface area contributed by atoms with Crippen LogP contribution in [0.3, 0.4) is 0 Å². The molecule has 1 saturated carbocycles. The number of hydrogen-bond acceptors (Lipinski definition) is 4. The normalized spacial score (nSPS) is 22.8. The Morgan fingerprint density at radius 1 is 1.39 bits per heavy atom. The second kappa shape index (κ2) is 5.05. The Morgan fingerprint density at radius 3 is 2.44 bits per heavy atom. The number of alkyl carbamates (subject to hydrolysis) is 1. The predicted octanol–water partition coefficient (Wildman–Crippen LogP) is 1.42. The Balaban J connectivity index is 1.78. The van der Waals surface area contributed by atoms with Crippen LogP contribution in [-0.2, 0) is 9.47 Å². The molecule has 0 aromatic carbocycles. The number of carbonyl (C=O) groups excluding carboxylic acids is 1. The molecule has 2 fully saturated rings. The number of nitrogens with one attached hydrogen (secondary N) is 2. The molecule has 0 bridgehead atoms. The van der Waals surface area contributed by atoms with E-state index in [9.17, 15) is 4.79 Å². The molecule has 0 radical (unpaired) electrons. The molecule has 2 aliphatic rings. The summed E-state index contributed by atoms with van der Waals surface area (Å²) in [4.78, 5) is 11.8. The first-order valence-corrected chi connectivity index (χ1v) is 6.71. The molecule has 1 saturated heterocycles. The first kappa shape index (κ1) is 13.6. The van der Waals surface area contributed by atoms with E-state index in [1.807, 2.05) is 20.8 Å². The Hall–Kier alpha value is -0.810. The Bertz CT molecular complexity index is 304. The van der Waals surface area contributed by atoms with Crippen LogP contribution < -0.4 is 10.6 Å². The number of hydrogen-bond donors (Lipinski definition) is 2. The predicted molar refractivity (Wildman–Crippen MR) is 68.6 cm³/mol.